The van der Waals surface area contributed by atoms with E-state index in [9.17, 15) is 0 Å². The van der Waals surface area contributed by atoms with Crippen molar-refractivity contribution in [3.63, 3.8) is 0 Å². The van der Waals surface area contributed by atoms with Gasteiger partial charge in [-0.2, -0.15) is 0 Å². The maximum Gasteiger partial charge on any atom is 0.0681 e. The maximum atomic E-state index is 8.91. The normalized spacial score (nSPS) is 11.1. The molecule has 0 atom stereocenters. The third-order valence-electron chi connectivity index (χ3n) is 2.46. The summed E-state index contributed by atoms with van der Waals surface area (Å²) in [5.74, 6) is 0. The van der Waals surface area contributed by atoms with Crippen molar-refractivity contribution in [2.75, 3.05) is 0 Å². The van der Waals surface area contributed by atoms with Gasteiger partial charge in [-0.25, -0.2) is 0 Å². The monoisotopic (exact) mass is 213 g/mol. The quantitative estimate of drug-likeness (QED) is 0.830. The van der Waals surface area contributed by atoms with Gasteiger partial charge in [0, 0.05) is 18.9 Å². The Morgan fingerprint density at radius 1 is 1.06 bits per heavy atom. The number of benzene rings is 1. The Bertz CT molecular complexity index is 440. The summed E-state index contributed by atoms with van der Waals surface area (Å²) >= 11 is 0. The van der Waals surface area contributed by atoms with Gasteiger partial charge in [0.25, 0.3) is 0 Å². The van der Waals surface area contributed by atoms with E-state index in [1.165, 1.54) is 0 Å². The third-order valence-corrected chi connectivity index (χ3v) is 2.46. The largest absolute Gasteiger partial charge is 0.392 e. The summed E-state index contributed by atoms with van der Waals surface area (Å²) in [6.07, 6.45) is 8.29. The Hall–Kier alpha value is -1.80. The molecule has 0 spiro atoms. The zero-order chi connectivity index (χ0) is 11.2. The molecule has 1 aromatic carbocycles. The first kappa shape index (κ1) is 10.7. The summed E-state index contributed by atoms with van der Waals surface area (Å²) in [4.78, 5) is 0. The summed E-state index contributed by atoms with van der Waals surface area (Å²) in [7, 11) is 0. The number of aromatic nitrogens is 1. The average Bonchev–Trinajstić information content (AvgIpc) is 2.83. The van der Waals surface area contributed by atoms with Gasteiger partial charge in [0.2, 0.25) is 0 Å². The molecule has 0 aliphatic heterocycles. The van der Waals surface area contributed by atoms with Gasteiger partial charge in [-0.15, -0.1) is 0 Å². The fourth-order valence-electron chi connectivity index (χ4n) is 1.54. The molecule has 0 fully saturated rings. The van der Waals surface area contributed by atoms with Crippen molar-refractivity contribution in [3.05, 3.63) is 66.0 Å². The summed E-state index contributed by atoms with van der Waals surface area (Å²) in [6.45, 7) is 0.988. The van der Waals surface area contributed by atoms with Gasteiger partial charge in [0.15, 0.2) is 0 Å². The molecule has 0 amide bonds. The van der Waals surface area contributed by atoms with Crippen LogP contribution in [0.3, 0.4) is 0 Å². The molecular formula is C14H15NO. The predicted molar refractivity (Wildman–Crippen MR) is 65.8 cm³/mol. The van der Waals surface area contributed by atoms with Crippen molar-refractivity contribution in [2.24, 2.45) is 0 Å². The number of allylic oxidation sites excluding steroid dienone is 1. The summed E-state index contributed by atoms with van der Waals surface area (Å²) in [5.41, 5.74) is 2.10. The first-order chi connectivity index (χ1) is 7.88. The Kier molecular flexibility index (Phi) is 3.57. The second kappa shape index (κ2) is 5.33. The Balaban J connectivity index is 1.95. The van der Waals surface area contributed by atoms with E-state index in [0.717, 1.165) is 17.7 Å². The van der Waals surface area contributed by atoms with E-state index in [2.05, 4.69) is 16.7 Å². The van der Waals surface area contributed by atoms with Crippen LogP contribution in [0.15, 0.2) is 54.9 Å². The Morgan fingerprint density at radius 3 is 2.38 bits per heavy atom. The van der Waals surface area contributed by atoms with E-state index in [1.54, 1.807) is 0 Å². The molecule has 1 N–H and O–H groups in total. The molecule has 2 heteroatoms. The van der Waals surface area contributed by atoms with Crippen LogP contribution in [0.4, 0.5) is 0 Å². The molecule has 0 unspecified atom stereocenters. The van der Waals surface area contributed by atoms with Gasteiger partial charge in [-0.1, -0.05) is 36.4 Å². The van der Waals surface area contributed by atoms with E-state index >= 15 is 0 Å². The van der Waals surface area contributed by atoms with Crippen molar-refractivity contribution in [1.82, 2.24) is 4.57 Å². The summed E-state index contributed by atoms with van der Waals surface area (Å²) in [6, 6.07) is 11.9. The van der Waals surface area contributed by atoms with Crippen LogP contribution in [0.25, 0.3) is 6.08 Å². The van der Waals surface area contributed by atoms with E-state index < -0.39 is 0 Å². The molecule has 2 rings (SSSR count). The van der Waals surface area contributed by atoms with Gasteiger partial charge in [0.05, 0.1) is 6.61 Å². The van der Waals surface area contributed by atoms with Gasteiger partial charge in [-0.05, 0) is 23.3 Å². The second-order valence-electron chi connectivity index (χ2n) is 3.68. The summed E-state index contributed by atoms with van der Waals surface area (Å²) in [5, 5.41) is 8.91. The molecule has 0 bridgehead atoms. The molecule has 0 saturated heterocycles. The Labute approximate surface area is 95.5 Å². The molecule has 0 aliphatic carbocycles. The molecular weight excluding hydrogens is 198 g/mol. The lowest BCUT2D eigenvalue weighted by Gasteiger charge is -1.98. The minimum Gasteiger partial charge on any atom is -0.392 e. The molecule has 0 aliphatic rings. The fraction of sp³-hybridized carbons (Fsp3) is 0.143. The van der Waals surface area contributed by atoms with Crippen LogP contribution < -0.4 is 0 Å². The highest BCUT2D eigenvalue weighted by Gasteiger charge is 1.89. The standard InChI is InChI=1S/C14H15NO/c16-12-14-7-5-13(6-8-14)4-3-11-15-9-1-2-10-15/h1-10,16H,11-12H2/b4-3+. The van der Waals surface area contributed by atoms with Crippen LogP contribution in [-0.2, 0) is 13.2 Å². The van der Waals surface area contributed by atoms with Crippen molar-refractivity contribution < 1.29 is 5.11 Å². The molecule has 0 radical (unpaired) electrons. The molecule has 1 aromatic heterocycles. The molecule has 0 saturated carbocycles. The topological polar surface area (TPSA) is 25.2 Å². The van der Waals surface area contributed by atoms with Crippen molar-refractivity contribution in [1.29, 1.82) is 0 Å². The van der Waals surface area contributed by atoms with Crippen molar-refractivity contribution >= 4 is 6.08 Å². The fourth-order valence-corrected chi connectivity index (χ4v) is 1.54. The third kappa shape index (κ3) is 2.84. The van der Waals surface area contributed by atoms with Crippen LogP contribution in [0.1, 0.15) is 11.1 Å². The lowest BCUT2D eigenvalue weighted by molar-refractivity contribution is 0.282. The molecule has 2 nitrogen and oxygen atoms in total. The minimum absolute atomic E-state index is 0.105. The number of aliphatic hydroxyl groups is 1. The van der Waals surface area contributed by atoms with Gasteiger partial charge in [-0.3, -0.25) is 0 Å². The van der Waals surface area contributed by atoms with Gasteiger partial charge >= 0.3 is 0 Å². The SMILES string of the molecule is OCc1ccc(/C=C/Cn2cccc2)cc1. The van der Waals surface area contributed by atoms with Crippen LogP contribution in [0.2, 0.25) is 0 Å². The van der Waals surface area contributed by atoms with Crippen LogP contribution in [0.5, 0.6) is 0 Å². The number of nitrogens with zero attached hydrogens (tertiary/aromatic N) is 1. The highest BCUT2D eigenvalue weighted by Crippen LogP contribution is 2.06. The highest BCUT2D eigenvalue weighted by atomic mass is 16.3. The van der Waals surface area contributed by atoms with Crippen molar-refractivity contribution in [2.45, 2.75) is 13.2 Å². The lowest BCUT2D eigenvalue weighted by Crippen LogP contribution is -1.88. The van der Waals surface area contributed by atoms with E-state index in [4.69, 9.17) is 5.11 Å². The minimum atomic E-state index is 0.105. The van der Waals surface area contributed by atoms with Gasteiger partial charge in [0.1, 0.15) is 0 Å². The second-order valence-corrected chi connectivity index (χ2v) is 3.68. The van der Waals surface area contributed by atoms with E-state index in [1.807, 2.05) is 48.8 Å². The molecule has 82 valence electrons. The average molecular weight is 213 g/mol. The van der Waals surface area contributed by atoms with Crippen LogP contribution >= 0.6 is 0 Å². The van der Waals surface area contributed by atoms with E-state index in [-0.39, 0.29) is 6.61 Å². The maximum absolute atomic E-state index is 8.91. The highest BCUT2D eigenvalue weighted by molar-refractivity contribution is 5.49. The smallest absolute Gasteiger partial charge is 0.0681 e. The van der Waals surface area contributed by atoms with E-state index in [0.29, 0.717) is 0 Å². The molecule has 16 heavy (non-hydrogen) atoms. The lowest BCUT2D eigenvalue weighted by atomic mass is 10.1. The number of aliphatic hydroxyl groups excluding tert-OH is 1. The zero-order valence-electron chi connectivity index (χ0n) is 9.08. The van der Waals surface area contributed by atoms with Gasteiger partial charge < -0.3 is 9.67 Å². The summed E-state index contributed by atoms with van der Waals surface area (Å²) < 4.78 is 2.11. The number of hydrogen-bond acceptors (Lipinski definition) is 1. The molecule has 1 heterocycles. The molecule has 2 aromatic rings. The van der Waals surface area contributed by atoms with Crippen LogP contribution in [0, 0.1) is 0 Å². The predicted octanol–water partition coefficient (Wildman–Crippen LogP) is 2.69. The number of hydrogen-bond donors (Lipinski definition) is 1. The number of rotatable bonds is 4. The zero-order valence-corrected chi connectivity index (χ0v) is 9.08. The van der Waals surface area contributed by atoms with Crippen LogP contribution in [-0.4, -0.2) is 9.67 Å². The Morgan fingerprint density at radius 2 is 1.75 bits per heavy atom. The first-order valence-electron chi connectivity index (χ1n) is 5.35. The van der Waals surface area contributed by atoms with Crippen molar-refractivity contribution in [3.8, 4) is 0 Å². The first-order valence-corrected chi connectivity index (χ1v) is 5.35.